The Labute approximate surface area is 159 Å². The van der Waals surface area contributed by atoms with E-state index < -0.39 is 0 Å². The lowest BCUT2D eigenvalue weighted by Crippen LogP contribution is -2.24. The number of aromatic nitrogens is 2. The number of rotatable bonds is 7. The molecule has 5 nitrogen and oxygen atoms in total. The fourth-order valence-electron chi connectivity index (χ4n) is 2.71. The first-order valence-electron chi connectivity index (χ1n) is 8.99. The molecular weight excluding hydrogens is 346 g/mol. The quantitative estimate of drug-likeness (QED) is 0.561. The summed E-state index contributed by atoms with van der Waals surface area (Å²) >= 11 is 1.27. The molecule has 0 aliphatic heterocycles. The van der Waals surface area contributed by atoms with E-state index in [9.17, 15) is 9.59 Å². The Morgan fingerprint density at radius 3 is 2.69 bits per heavy atom. The molecule has 0 unspecified atom stereocenters. The van der Waals surface area contributed by atoms with Crippen molar-refractivity contribution in [1.82, 2.24) is 9.97 Å². The molecule has 0 aliphatic carbocycles. The summed E-state index contributed by atoms with van der Waals surface area (Å²) in [6.07, 6.45) is 1.67. The van der Waals surface area contributed by atoms with Crippen LogP contribution in [0.5, 0.6) is 0 Å². The summed E-state index contributed by atoms with van der Waals surface area (Å²) in [6, 6.07) is 7.55. The standard InChI is InChI=1S/C20H27N3O2S/c1-6-8-15-11-17(24)22-20(21-15)26-14(5)19(25)23-18-13(4)9-7-10-16(18)12(2)3/h7,9-12,14H,6,8H2,1-5H3,(H,23,25)(H,21,22,24)/t14-/m0/s1. The third-order valence-corrected chi connectivity index (χ3v) is 5.10. The topological polar surface area (TPSA) is 74.8 Å². The Morgan fingerprint density at radius 1 is 1.31 bits per heavy atom. The fourth-order valence-corrected chi connectivity index (χ4v) is 3.54. The second-order valence-corrected chi connectivity index (χ2v) is 8.06. The van der Waals surface area contributed by atoms with Crippen LogP contribution in [-0.4, -0.2) is 21.1 Å². The molecule has 1 amide bonds. The lowest BCUT2D eigenvalue weighted by atomic mass is 9.98. The van der Waals surface area contributed by atoms with Gasteiger partial charge in [-0.05, 0) is 37.3 Å². The van der Waals surface area contributed by atoms with Crippen molar-refractivity contribution in [2.75, 3.05) is 5.32 Å². The minimum Gasteiger partial charge on any atom is -0.325 e. The van der Waals surface area contributed by atoms with Crippen LogP contribution in [0.1, 0.15) is 56.9 Å². The molecule has 1 aromatic heterocycles. The number of carbonyl (C=O) groups excluding carboxylic acids is 1. The van der Waals surface area contributed by atoms with Crippen LogP contribution in [0.3, 0.4) is 0 Å². The molecule has 0 saturated heterocycles. The van der Waals surface area contributed by atoms with Crippen molar-refractivity contribution in [1.29, 1.82) is 0 Å². The number of hydrogen-bond acceptors (Lipinski definition) is 4. The van der Waals surface area contributed by atoms with Crippen LogP contribution < -0.4 is 10.9 Å². The van der Waals surface area contributed by atoms with E-state index in [0.717, 1.165) is 35.3 Å². The van der Waals surface area contributed by atoms with E-state index in [4.69, 9.17) is 0 Å². The zero-order valence-electron chi connectivity index (χ0n) is 16.1. The maximum atomic E-state index is 12.7. The van der Waals surface area contributed by atoms with E-state index >= 15 is 0 Å². The second kappa shape index (κ2) is 9.03. The average Bonchev–Trinajstić information content (AvgIpc) is 2.56. The van der Waals surface area contributed by atoms with Gasteiger partial charge in [0.15, 0.2) is 5.16 Å². The van der Waals surface area contributed by atoms with Gasteiger partial charge in [0.2, 0.25) is 5.91 Å². The number of H-pyrrole nitrogens is 1. The number of para-hydroxylation sites is 1. The van der Waals surface area contributed by atoms with Gasteiger partial charge in [0.25, 0.3) is 5.56 Å². The van der Waals surface area contributed by atoms with E-state index in [1.165, 1.54) is 17.8 Å². The number of amides is 1. The number of aromatic amines is 1. The first kappa shape index (κ1) is 20.2. The molecule has 0 saturated carbocycles. The van der Waals surface area contributed by atoms with Gasteiger partial charge in [0.1, 0.15) is 0 Å². The van der Waals surface area contributed by atoms with E-state index in [1.807, 2.05) is 39.0 Å². The molecule has 0 radical (unpaired) electrons. The van der Waals surface area contributed by atoms with Gasteiger partial charge in [-0.2, -0.15) is 0 Å². The Bertz CT molecular complexity index is 830. The smallest absolute Gasteiger partial charge is 0.251 e. The van der Waals surface area contributed by atoms with Crippen molar-refractivity contribution in [3.8, 4) is 0 Å². The Kier molecular flexibility index (Phi) is 7.03. The van der Waals surface area contributed by atoms with Crippen LogP contribution in [0.4, 0.5) is 5.69 Å². The predicted molar refractivity (Wildman–Crippen MR) is 108 cm³/mol. The number of carbonyl (C=O) groups is 1. The van der Waals surface area contributed by atoms with Crippen LogP contribution >= 0.6 is 11.8 Å². The van der Waals surface area contributed by atoms with Gasteiger partial charge in [0.05, 0.1) is 5.25 Å². The molecule has 0 aliphatic rings. The third kappa shape index (κ3) is 5.21. The summed E-state index contributed by atoms with van der Waals surface area (Å²) in [5, 5.41) is 3.16. The highest BCUT2D eigenvalue weighted by Gasteiger charge is 2.19. The number of aryl methyl sites for hydroxylation is 2. The highest BCUT2D eigenvalue weighted by Crippen LogP contribution is 2.28. The molecule has 0 spiro atoms. The average molecular weight is 374 g/mol. The summed E-state index contributed by atoms with van der Waals surface area (Å²) < 4.78 is 0. The van der Waals surface area contributed by atoms with Gasteiger partial charge < -0.3 is 10.3 Å². The minimum absolute atomic E-state index is 0.102. The van der Waals surface area contributed by atoms with E-state index in [2.05, 4.69) is 29.1 Å². The molecule has 6 heteroatoms. The first-order chi connectivity index (χ1) is 12.3. The van der Waals surface area contributed by atoms with Gasteiger partial charge in [-0.15, -0.1) is 0 Å². The van der Waals surface area contributed by atoms with Crippen molar-refractivity contribution in [3.63, 3.8) is 0 Å². The third-order valence-electron chi connectivity index (χ3n) is 4.11. The number of thioether (sulfide) groups is 1. The highest BCUT2D eigenvalue weighted by molar-refractivity contribution is 8.00. The zero-order chi connectivity index (χ0) is 19.3. The molecule has 140 valence electrons. The monoisotopic (exact) mass is 373 g/mol. The summed E-state index contributed by atoms with van der Waals surface area (Å²) in [7, 11) is 0. The first-order valence-corrected chi connectivity index (χ1v) is 9.87. The Balaban J connectivity index is 2.15. The Morgan fingerprint density at radius 2 is 2.04 bits per heavy atom. The molecular formula is C20H27N3O2S. The van der Waals surface area contributed by atoms with Crippen molar-refractivity contribution in [3.05, 3.63) is 51.4 Å². The van der Waals surface area contributed by atoms with E-state index in [-0.39, 0.29) is 16.7 Å². The van der Waals surface area contributed by atoms with Crippen LogP contribution in [-0.2, 0) is 11.2 Å². The number of nitrogens with one attached hydrogen (secondary N) is 2. The van der Waals surface area contributed by atoms with Crippen molar-refractivity contribution in [2.24, 2.45) is 0 Å². The molecule has 2 N–H and O–H groups in total. The summed E-state index contributed by atoms with van der Waals surface area (Å²) in [5.74, 6) is 0.214. The Hall–Kier alpha value is -2.08. The molecule has 0 bridgehead atoms. The molecule has 1 atom stereocenters. The maximum Gasteiger partial charge on any atom is 0.251 e. The molecule has 0 fully saturated rings. The van der Waals surface area contributed by atoms with Crippen molar-refractivity contribution < 1.29 is 4.79 Å². The van der Waals surface area contributed by atoms with Crippen LogP contribution in [0.15, 0.2) is 34.2 Å². The number of anilines is 1. The zero-order valence-corrected chi connectivity index (χ0v) is 16.9. The molecule has 1 heterocycles. The van der Waals surface area contributed by atoms with E-state index in [0.29, 0.717) is 11.1 Å². The lowest BCUT2D eigenvalue weighted by molar-refractivity contribution is -0.115. The van der Waals surface area contributed by atoms with Crippen molar-refractivity contribution in [2.45, 2.75) is 63.8 Å². The largest absolute Gasteiger partial charge is 0.325 e. The molecule has 1 aromatic carbocycles. The molecule has 2 aromatic rings. The number of benzene rings is 1. The lowest BCUT2D eigenvalue weighted by Gasteiger charge is -2.18. The number of nitrogens with zero attached hydrogens (tertiary/aromatic N) is 1. The normalized spacial score (nSPS) is 12.2. The molecule has 2 rings (SSSR count). The van der Waals surface area contributed by atoms with Crippen molar-refractivity contribution >= 4 is 23.4 Å². The second-order valence-electron chi connectivity index (χ2n) is 6.74. The summed E-state index contributed by atoms with van der Waals surface area (Å²) in [4.78, 5) is 31.6. The van der Waals surface area contributed by atoms with Gasteiger partial charge >= 0.3 is 0 Å². The summed E-state index contributed by atoms with van der Waals surface area (Å²) in [5.41, 5.74) is 3.61. The van der Waals surface area contributed by atoms with Crippen LogP contribution in [0.2, 0.25) is 0 Å². The van der Waals surface area contributed by atoms with Gasteiger partial charge in [-0.1, -0.05) is 57.2 Å². The van der Waals surface area contributed by atoms with Crippen LogP contribution in [0, 0.1) is 6.92 Å². The maximum absolute atomic E-state index is 12.7. The SMILES string of the molecule is CCCc1cc(=O)[nH]c(S[C@@H](C)C(=O)Nc2c(C)cccc2C(C)C)n1. The number of hydrogen-bond donors (Lipinski definition) is 2. The minimum atomic E-state index is -0.380. The van der Waals surface area contributed by atoms with Gasteiger partial charge in [-0.3, -0.25) is 9.59 Å². The van der Waals surface area contributed by atoms with Gasteiger partial charge in [-0.25, -0.2) is 4.98 Å². The van der Waals surface area contributed by atoms with Gasteiger partial charge in [0, 0.05) is 17.4 Å². The van der Waals surface area contributed by atoms with E-state index in [1.54, 1.807) is 0 Å². The molecule has 26 heavy (non-hydrogen) atoms. The van der Waals surface area contributed by atoms with Crippen LogP contribution in [0.25, 0.3) is 0 Å². The highest BCUT2D eigenvalue weighted by atomic mass is 32.2. The fraction of sp³-hybridized carbons (Fsp3) is 0.450. The predicted octanol–water partition coefficient (Wildman–Crippen LogP) is 4.27. The summed E-state index contributed by atoms with van der Waals surface area (Å²) in [6.45, 7) is 10.1.